The normalized spacial score (nSPS) is 18.4. The highest BCUT2D eigenvalue weighted by molar-refractivity contribution is 5.75. The van der Waals surface area contributed by atoms with Gasteiger partial charge < -0.3 is 5.32 Å². The van der Waals surface area contributed by atoms with Crippen LogP contribution in [0.15, 0.2) is 71.5 Å². The minimum Gasteiger partial charge on any atom is -0.330 e. The zero-order valence-electron chi connectivity index (χ0n) is 10.5. The highest BCUT2D eigenvalue weighted by atomic mass is 16.1. The Balaban J connectivity index is 2.19. The third-order valence-electron chi connectivity index (χ3n) is 2.80. The first-order valence-electron chi connectivity index (χ1n) is 6.13. The van der Waals surface area contributed by atoms with Crippen LogP contribution in [0.1, 0.15) is 19.8 Å². The van der Waals surface area contributed by atoms with E-state index in [4.69, 9.17) is 0 Å². The summed E-state index contributed by atoms with van der Waals surface area (Å²) in [5.74, 6) is -0.0222. The van der Waals surface area contributed by atoms with Gasteiger partial charge in [0.2, 0.25) is 5.91 Å². The molecule has 2 aliphatic rings. The van der Waals surface area contributed by atoms with E-state index in [2.05, 4.69) is 47.8 Å². The molecule has 0 atom stereocenters. The van der Waals surface area contributed by atoms with Gasteiger partial charge in [0.15, 0.2) is 0 Å². The summed E-state index contributed by atoms with van der Waals surface area (Å²) < 4.78 is 0. The second-order valence-electron chi connectivity index (χ2n) is 4.31. The van der Waals surface area contributed by atoms with Gasteiger partial charge in [0.25, 0.3) is 0 Å². The molecule has 0 saturated heterocycles. The number of hydrogen-bond donors (Lipinski definition) is 1. The number of nitrogens with one attached hydrogen (secondary N) is 1. The Morgan fingerprint density at radius 3 is 2.78 bits per heavy atom. The lowest BCUT2D eigenvalue weighted by molar-refractivity contribution is -0.118. The largest absolute Gasteiger partial charge is 0.330 e. The summed E-state index contributed by atoms with van der Waals surface area (Å²) in [5.41, 5.74) is 3.43. The summed E-state index contributed by atoms with van der Waals surface area (Å²) in [6.07, 6.45) is 20.4. The maximum absolute atomic E-state index is 11.0. The average molecular weight is 239 g/mol. The molecule has 0 aliphatic heterocycles. The van der Waals surface area contributed by atoms with Crippen molar-refractivity contribution in [2.45, 2.75) is 19.8 Å². The van der Waals surface area contributed by atoms with Crippen LogP contribution in [-0.2, 0) is 4.79 Å². The van der Waals surface area contributed by atoms with Crippen LogP contribution in [0.5, 0.6) is 0 Å². The highest BCUT2D eigenvalue weighted by Gasteiger charge is 2.04. The van der Waals surface area contributed by atoms with Crippen molar-refractivity contribution in [3.05, 3.63) is 71.5 Å². The molecule has 0 heterocycles. The van der Waals surface area contributed by atoms with Gasteiger partial charge >= 0.3 is 0 Å². The summed E-state index contributed by atoms with van der Waals surface area (Å²) in [7, 11) is 0. The van der Waals surface area contributed by atoms with Gasteiger partial charge in [-0.1, -0.05) is 48.6 Å². The van der Waals surface area contributed by atoms with Gasteiger partial charge in [0.1, 0.15) is 0 Å². The maximum atomic E-state index is 11.0. The monoisotopic (exact) mass is 239 g/mol. The SMILES string of the molecule is CC(=O)NC1=CC=C(C2=CC=CC=CC2)C=CC1. The molecule has 0 fully saturated rings. The number of carbonyl (C=O) groups is 1. The fourth-order valence-electron chi connectivity index (χ4n) is 1.95. The van der Waals surface area contributed by atoms with E-state index in [0.717, 1.165) is 18.5 Å². The first kappa shape index (κ1) is 12.4. The van der Waals surface area contributed by atoms with Gasteiger partial charge in [-0.05, 0) is 23.6 Å². The third kappa shape index (κ3) is 3.45. The molecule has 0 spiro atoms. The molecule has 2 rings (SSSR count). The molecule has 2 nitrogen and oxygen atoms in total. The minimum absolute atomic E-state index is 0.0222. The van der Waals surface area contributed by atoms with Crippen LogP contribution in [-0.4, -0.2) is 5.91 Å². The second-order valence-corrected chi connectivity index (χ2v) is 4.31. The van der Waals surface area contributed by atoms with Gasteiger partial charge in [-0.15, -0.1) is 0 Å². The highest BCUT2D eigenvalue weighted by Crippen LogP contribution is 2.21. The van der Waals surface area contributed by atoms with Crippen molar-refractivity contribution in [2.24, 2.45) is 0 Å². The lowest BCUT2D eigenvalue weighted by Gasteiger charge is -2.03. The van der Waals surface area contributed by atoms with Crippen molar-refractivity contribution in [3.63, 3.8) is 0 Å². The van der Waals surface area contributed by atoms with E-state index in [1.54, 1.807) is 0 Å². The van der Waals surface area contributed by atoms with Crippen molar-refractivity contribution < 1.29 is 4.79 Å². The molecule has 0 aromatic rings. The van der Waals surface area contributed by atoms with Gasteiger partial charge in [0, 0.05) is 19.0 Å². The summed E-state index contributed by atoms with van der Waals surface area (Å²) in [6, 6.07) is 0. The van der Waals surface area contributed by atoms with Gasteiger partial charge in [-0.25, -0.2) is 0 Å². The van der Waals surface area contributed by atoms with E-state index >= 15 is 0 Å². The summed E-state index contributed by atoms with van der Waals surface area (Å²) >= 11 is 0. The molecule has 18 heavy (non-hydrogen) atoms. The second kappa shape index (κ2) is 6.01. The number of carbonyl (C=O) groups excluding carboxylic acids is 1. The fraction of sp³-hybridized carbons (Fsp3) is 0.188. The zero-order valence-corrected chi connectivity index (χ0v) is 10.5. The number of amides is 1. The first-order valence-corrected chi connectivity index (χ1v) is 6.13. The fourth-order valence-corrected chi connectivity index (χ4v) is 1.95. The first-order chi connectivity index (χ1) is 8.75. The molecule has 0 radical (unpaired) electrons. The van der Waals surface area contributed by atoms with E-state index in [1.165, 1.54) is 18.1 Å². The van der Waals surface area contributed by atoms with Crippen molar-refractivity contribution in [3.8, 4) is 0 Å². The summed E-state index contributed by atoms with van der Waals surface area (Å²) in [5, 5.41) is 2.84. The van der Waals surface area contributed by atoms with E-state index in [-0.39, 0.29) is 5.91 Å². The summed E-state index contributed by atoms with van der Waals surface area (Å²) in [6.45, 7) is 1.53. The molecule has 0 aromatic heterocycles. The Bertz CT molecular complexity index is 513. The summed E-state index contributed by atoms with van der Waals surface area (Å²) in [4.78, 5) is 11.0. The van der Waals surface area contributed by atoms with Gasteiger partial charge in [-0.3, -0.25) is 4.79 Å². The molecule has 1 N–H and O–H groups in total. The molecule has 0 bridgehead atoms. The van der Waals surface area contributed by atoms with E-state index < -0.39 is 0 Å². The number of rotatable bonds is 2. The third-order valence-corrected chi connectivity index (χ3v) is 2.80. The van der Waals surface area contributed by atoms with Gasteiger partial charge in [0.05, 0.1) is 0 Å². The topological polar surface area (TPSA) is 29.1 Å². The standard InChI is InChI=1S/C16H17NO/c1-13(18)17-16-10-6-9-15(11-12-16)14-7-4-2-3-5-8-14/h2-7,9,11-12H,8,10H2,1H3,(H,17,18). The Hall–Kier alpha value is -2.09. The van der Waals surface area contributed by atoms with Crippen LogP contribution in [0.25, 0.3) is 0 Å². The Kier molecular flexibility index (Phi) is 4.13. The molecular weight excluding hydrogens is 222 g/mol. The molecule has 2 aliphatic carbocycles. The Morgan fingerprint density at radius 1 is 1.06 bits per heavy atom. The Morgan fingerprint density at radius 2 is 1.94 bits per heavy atom. The van der Waals surface area contributed by atoms with E-state index in [0.29, 0.717) is 0 Å². The van der Waals surface area contributed by atoms with Crippen molar-refractivity contribution >= 4 is 5.91 Å². The molecular formula is C16H17NO. The molecule has 0 unspecified atom stereocenters. The molecule has 0 saturated carbocycles. The minimum atomic E-state index is -0.0222. The lowest BCUT2D eigenvalue weighted by Crippen LogP contribution is -2.18. The van der Waals surface area contributed by atoms with Crippen LogP contribution in [0.4, 0.5) is 0 Å². The smallest absolute Gasteiger partial charge is 0.221 e. The van der Waals surface area contributed by atoms with E-state index in [9.17, 15) is 4.79 Å². The Labute approximate surface area is 108 Å². The predicted molar refractivity (Wildman–Crippen MR) is 74.7 cm³/mol. The number of allylic oxidation sites excluding steroid dienone is 11. The zero-order chi connectivity index (χ0) is 12.8. The lowest BCUT2D eigenvalue weighted by atomic mass is 10.0. The molecule has 1 amide bonds. The van der Waals surface area contributed by atoms with Crippen LogP contribution in [0, 0.1) is 0 Å². The van der Waals surface area contributed by atoms with Crippen LogP contribution in [0.3, 0.4) is 0 Å². The number of hydrogen-bond acceptors (Lipinski definition) is 1. The van der Waals surface area contributed by atoms with Gasteiger partial charge in [-0.2, -0.15) is 0 Å². The maximum Gasteiger partial charge on any atom is 0.221 e. The van der Waals surface area contributed by atoms with E-state index in [1.807, 2.05) is 12.2 Å². The van der Waals surface area contributed by atoms with Crippen LogP contribution >= 0.6 is 0 Å². The molecule has 2 heteroatoms. The van der Waals surface area contributed by atoms with Crippen molar-refractivity contribution in [1.29, 1.82) is 0 Å². The van der Waals surface area contributed by atoms with Crippen LogP contribution in [0.2, 0.25) is 0 Å². The average Bonchev–Trinajstić information content (AvgIpc) is 2.70. The van der Waals surface area contributed by atoms with Crippen molar-refractivity contribution in [1.82, 2.24) is 5.32 Å². The van der Waals surface area contributed by atoms with Crippen LogP contribution < -0.4 is 5.32 Å². The van der Waals surface area contributed by atoms with Crippen molar-refractivity contribution in [2.75, 3.05) is 0 Å². The molecule has 0 aromatic carbocycles. The molecule has 92 valence electrons. The quantitative estimate of drug-likeness (QED) is 0.786. The predicted octanol–water partition coefficient (Wildman–Crippen LogP) is 3.34.